The molecule has 0 rings (SSSR count). The molecule has 0 heterocycles. The second-order valence-electron chi connectivity index (χ2n) is 3.69. The molecule has 0 saturated heterocycles. The van der Waals surface area contributed by atoms with E-state index in [1.165, 1.54) is 17.9 Å². The summed E-state index contributed by atoms with van der Waals surface area (Å²) in [7, 11) is 0. The molecule has 13 heavy (non-hydrogen) atoms. The molecule has 0 aliphatic carbocycles. The van der Waals surface area contributed by atoms with Crippen LogP contribution in [0.2, 0.25) is 0 Å². The zero-order chi connectivity index (χ0) is 10.2. The smallest absolute Gasteiger partial charge is 0.0225 e. The third kappa shape index (κ3) is 8.98. The predicted molar refractivity (Wildman–Crippen MR) is 68.1 cm³/mol. The van der Waals surface area contributed by atoms with E-state index in [0.717, 1.165) is 13.1 Å². The minimum absolute atomic E-state index is 0.387. The number of hydrogen-bond donors (Lipinski definition) is 1. The Hall–Kier alpha value is 0.660. The maximum atomic E-state index is 3.50. The van der Waals surface area contributed by atoms with E-state index in [-0.39, 0.29) is 0 Å². The quantitative estimate of drug-likeness (QED) is 0.633. The molecule has 80 valence electrons. The third-order valence-corrected chi connectivity index (χ3v) is 4.18. The van der Waals surface area contributed by atoms with Gasteiger partial charge < -0.3 is 5.32 Å². The highest BCUT2D eigenvalue weighted by Gasteiger charge is 2.14. The van der Waals surface area contributed by atoms with E-state index in [2.05, 4.69) is 32.3 Å². The molecule has 1 nitrogen and oxygen atoms in total. The van der Waals surface area contributed by atoms with Crippen LogP contribution in [-0.2, 0) is 0 Å². The van der Waals surface area contributed by atoms with E-state index < -0.39 is 0 Å². The highest BCUT2D eigenvalue weighted by molar-refractivity contribution is 8.00. The molecular formula is C10H23NS2. The van der Waals surface area contributed by atoms with Crippen molar-refractivity contribution in [2.45, 2.75) is 31.9 Å². The maximum absolute atomic E-state index is 3.50. The molecule has 0 aliphatic rings. The lowest BCUT2D eigenvalue weighted by Gasteiger charge is -2.22. The van der Waals surface area contributed by atoms with Gasteiger partial charge in [0.05, 0.1) is 0 Å². The fourth-order valence-electron chi connectivity index (χ4n) is 0.905. The SMILES string of the molecule is CCSCCCNCC(C)(C)SC. The van der Waals surface area contributed by atoms with Gasteiger partial charge in [-0.1, -0.05) is 6.92 Å². The minimum Gasteiger partial charge on any atom is -0.315 e. The third-order valence-electron chi connectivity index (χ3n) is 1.95. The van der Waals surface area contributed by atoms with Crippen LogP contribution in [0.25, 0.3) is 0 Å². The molecule has 0 aromatic carbocycles. The van der Waals surface area contributed by atoms with E-state index >= 15 is 0 Å². The van der Waals surface area contributed by atoms with Crippen LogP contribution < -0.4 is 5.32 Å². The van der Waals surface area contributed by atoms with Gasteiger partial charge in [-0.3, -0.25) is 0 Å². The molecule has 0 radical (unpaired) electrons. The molecule has 0 aromatic rings. The van der Waals surface area contributed by atoms with Crippen molar-refractivity contribution < 1.29 is 0 Å². The van der Waals surface area contributed by atoms with Gasteiger partial charge in [-0.25, -0.2) is 0 Å². The van der Waals surface area contributed by atoms with E-state index in [9.17, 15) is 0 Å². The zero-order valence-corrected chi connectivity index (χ0v) is 11.0. The van der Waals surface area contributed by atoms with Crippen LogP contribution in [0.15, 0.2) is 0 Å². The number of hydrogen-bond acceptors (Lipinski definition) is 3. The molecular weight excluding hydrogens is 198 g/mol. The molecule has 0 amide bonds. The molecule has 0 aliphatic heterocycles. The van der Waals surface area contributed by atoms with E-state index in [1.807, 2.05) is 23.5 Å². The Balaban J connectivity index is 3.16. The minimum atomic E-state index is 0.387. The highest BCUT2D eigenvalue weighted by Crippen LogP contribution is 2.19. The number of rotatable bonds is 8. The summed E-state index contributed by atoms with van der Waals surface area (Å²) in [6.45, 7) is 9.06. The highest BCUT2D eigenvalue weighted by atomic mass is 32.2. The Morgan fingerprint density at radius 3 is 2.54 bits per heavy atom. The number of thioether (sulfide) groups is 2. The van der Waals surface area contributed by atoms with Crippen LogP contribution in [0.3, 0.4) is 0 Å². The van der Waals surface area contributed by atoms with Gasteiger partial charge in [0.2, 0.25) is 0 Å². The Labute approximate surface area is 91.8 Å². The summed E-state index contributed by atoms with van der Waals surface area (Å²) in [4.78, 5) is 0. The van der Waals surface area contributed by atoms with Gasteiger partial charge in [-0.15, -0.1) is 0 Å². The van der Waals surface area contributed by atoms with Gasteiger partial charge in [0.1, 0.15) is 0 Å². The summed E-state index contributed by atoms with van der Waals surface area (Å²) in [5.74, 6) is 2.54. The first kappa shape index (κ1) is 13.7. The summed E-state index contributed by atoms with van der Waals surface area (Å²) in [6.07, 6.45) is 3.47. The fraction of sp³-hybridized carbons (Fsp3) is 1.00. The van der Waals surface area contributed by atoms with Crippen molar-refractivity contribution in [1.82, 2.24) is 5.32 Å². The first-order valence-corrected chi connectivity index (χ1v) is 7.34. The maximum Gasteiger partial charge on any atom is 0.0225 e. The predicted octanol–water partition coefficient (Wildman–Crippen LogP) is 2.86. The number of nitrogens with one attached hydrogen (secondary N) is 1. The van der Waals surface area contributed by atoms with Crippen molar-refractivity contribution in [3.05, 3.63) is 0 Å². The van der Waals surface area contributed by atoms with Crippen LogP contribution >= 0.6 is 23.5 Å². The van der Waals surface area contributed by atoms with Gasteiger partial charge in [0.25, 0.3) is 0 Å². The first-order chi connectivity index (χ1) is 6.12. The van der Waals surface area contributed by atoms with Crippen LogP contribution in [-0.4, -0.2) is 35.6 Å². The zero-order valence-electron chi connectivity index (χ0n) is 9.35. The molecule has 0 unspecified atom stereocenters. The van der Waals surface area contributed by atoms with Gasteiger partial charge in [-0.05, 0) is 44.6 Å². The van der Waals surface area contributed by atoms with Gasteiger partial charge in [0, 0.05) is 11.3 Å². The molecule has 0 atom stereocenters. The standard InChI is InChI=1S/C10H23NS2/c1-5-13-8-6-7-11-9-10(2,3)12-4/h11H,5-9H2,1-4H3. The van der Waals surface area contributed by atoms with E-state index in [0.29, 0.717) is 4.75 Å². The van der Waals surface area contributed by atoms with Crippen molar-refractivity contribution >= 4 is 23.5 Å². The average Bonchev–Trinajstić information content (AvgIpc) is 2.11. The van der Waals surface area contributed by atoms with Crippen molar-refractivity contribution in [3.8, 4) is 0 Å². The lowest BCUT2D eigenvalue weighted by molar-refractivity contribution is 0.588. The lowest BCUT2D eigenvalue weighted by atomic mass is 10.2. The molecule has 0 spiro atoms. The van der Waals surface area contributed by atoms with Crippen molar-refractivity contribution in [2.75, 3.05) is 30.9 Å². The lowest BCUT2D eigenvalue weighted by Crippen LogP contribution is -2.32. The Morgan fingerprint density at radius 2 is 2.00 bits per heavy atom. The summed E-state index contributed by atoms with van der Waals surface area (Å²) in [5, 5.41) is 3.50. The fourth-order valence-corrected chi connectivity index (χ4v) is 1.79. The summed E-state index contributed by atoms with van der Waals surface area (Å²) in [6, 6.07) is 0. The van der Waals surface area contributed by atoms with Gasteiger partial charge in [-0.2, -0.15) is 23.5 Å². The normalized spacial score (nSPS) is 12.0. The first-order valence-electron chi connectivity index (χ1n) is 4.96. The van der Waals surface area contributed by atoms with Crippen LogP contribution in [0, 0.1) is 0 Å². The molecule has 0 bridgehead atoms. The summed E-state index contributed by atoms with van der Waals surface area (Å²) in [5.41, 5.74) is 0. The second kappa shape index (κ2) is 8.01. The second-order valence-corrected chi connectivity index (χ2v) is 6.60. The van der Waals surface area contributed by atoms with Gasteiger partial charge in [0.15, 0.2) is 0 Å². The average molecular weight is 221 g/mol. The van der Waals surface area contributed by atoms with E-state index in [1.54, 1.807) is 0 Å². The molecule has 0 saturated carbocycles. The topological polar surface area (TPSA) is 12.0 Å². The molecule has 0 fully saturated rings. The van der Waals surface area contributed by atoms with Crippen LogP contribution in [0.1, 0.15) is 27.2 Å². The monoisotopic (exact) mass is 221 g/mol. The largest absolute Gasteiger partial charge is 0.315 e. The van der Waals surface area contributed by atoms with Crippen LogP contribution in [0.4, 0.5) is 0 Å². The Morgan fingerprint density at radius 1 is 1.31 bits per heavy atom. The molecule has 3 heteroatoms. The van der Waals surface area contributed by atoms with Crippen LogP contribution in [0.5, 0.6) is 0 Å². The molecule has 0 aromatic heterocycles. The van der Waals surface area contributed by atoms with Crippen molar-refractivity contribution in [1.29, 1.82) is 0 Å². The van der Waals surface area contributed by atoms with Crippen molar-refractivity contribution in [2.24, 2.45) is 0 Å². The summed E-state index contributed by atoms with van der Waals surface area (Å²) < 4.78 is 0.387. The van der Waals surface area contributed by atoms with Crippen molar-refractivity contribution in [3.63, 3.8) is 0 Å². The molecule has 1 N–H and O–H groups in total. The van der Waals surface area contributed by atoms with E-state index in [4.69, 9.17) is 0 Å². The Kier molecular flexibility index (Phi) is 8.42. The summed E-state index contributed by atoms with van der Waals surface area (Å²) >= 11 is 3.95. The van der Waals surface area contributed by atoms with Gasteiger partial charge >= 0.3 is 0 Å². The Bertz CT molecular complexity index is 115.